The van der Waals surface area contributed by atoms with E-state index in [-0.39, 0.29) is 43.2 Å². The van der Waals surface area contributed by atoms with Crippen LogP contribution in [0.3, 0.4) is 0 Å². The number of ether oxygens (including phenoxy) is 1. The van der Waals surface area contributed by atoms with Gasteiger partial charge in [0.2, 0.25) is 0 Å². The predicted octanol–water partition coefficient (Wildman–Crippen LogP) is -0.823. The number of carbonyl (C=O) groups is 1. The average Bonchev–Trinajstić information content (AvgIpc) is 2.65. The number of benzene rings is 2. The van der Waals surface area contributed by atoms with Gasteiger partial charge in [-0.2, -0.15) is 0 Å². The fourth-order valence-corrected chi connectivity index (χ4v) is 3.03. The molecule has 0 fully saturated rings. The Bertz CT molecular complexity index is 776. The number of Topliss-reactive ketones (excluding diaryl/α,β-unsaturated/α-hetero) is 1. The summed E-state index contributed by atoms with van der Waals surface area (Å²) in [6.07, 6.45) is -3.68. The van der Waals surface area contributed by atoms with Crippen molar-refractivity contribution in [2.45, 2.75) is 43.9 Å². The summed E-state index contributed by atoms with van der Waals surface area (Å²) in [4.78, 5) is 12.4. The number of hydrogen-bond acceptors (Lipinski definition) is 4. The number of hydrogen-bond donors (Lipinski definition) is 3. The Kier molecular flexibility index (Phi) is 10.3. The first-order valence-corrected chi connectivity index (χ1v) is 9.24. The Balaban J connectivity index is 0.00000450. The maximum absolute atomic E-state index is 12.4. The van der Waals surface area contributed by atoms with Crippen LogP contribution in [-0.4, -0.2) is 35.4 Å². The summed E-state index contributed by atoms with van der Waals surface area (Å²) >= 11 is 0. The van der Waals surface area contributed by atoms with Gasteiger partial charge < -0.3 is 32.9 Å². The van der Waals surface area contributed by atoms with Crippen molar-refractivity contribution in [1.82, 2.24) is 0 Å². The van der Waals surface area contributed by atoms with Crippen LogP contribution in [0, 0.1) is 0 Å². The highest BCUT2D eigenvalue weighted by Crippen LogP contribution is 2.26. The number of rotatable bonds is 10. The Morgan fingerprint density at radius 2 is 1.57 bits per heavy atom. The Hall–Kier alpha value is -2.07. The summed E-state index contributed by atoms with van der Waals surface area (Å²) in [7, 11) is -1.65. The van der Waals surface area contributed by atoms with Crippen LogP contribution in [0.1, 0.15) is 24.0 Å². The SMILES string of the molecule is [Cl-].[NH3+][C@@H](Cc1ccccc1)C(=O)CC[C@@H](Cc1ccc(OC(F)(F)F)cc1)B(O)O. The van der Waals surface area contributed by atoms with E-state index in [0.717, 1.165) is 5.56 Å². The molecule has 5 nitrogen and oxygen atoms in total. The fourth-order valence-electron chi connectivity index (χ4n) is 3.03. The van der Waals surface area contributed by atoms with Crippen LogP contribution >= 0.6 is 0 Å². The molecule has 2 rings (SSSR count). The largest absolute Gasteiger partial charge is 1.00 e. The lowest BCUT2D eigenvalue weighted by Crippen LogP contribution is -3.00. The van der Waals surface area contributed by atoms with Crippen LogP contribution in [-0.2, 0) is 17.6 Å². The molecule has 0 aliphatic heterocycles. The molecule has 0 saturated carbocycles. The first-order valence-electron chi connectivity index (χ1n) is 9.24. The van der Waals surface area contributed by atoms with Gasteiger partial charge in [0, 0.05) is 12.8 Å². The molecule has 10 heteroatoms. The smallest absolute Gasteiger partial charge is 0.573 e. The maximum Gasteiger partial charge on any atom is 0.573 e. The molecular weight excluding hydrogens is 421 g/mol. The lowest BCUT2D eigenvalue weighted by Gasteiger charge is -2.17. The molecule has 5 N–H and O–H groups in total. The minimum atomic E-state index is -4.77. The van der Waals surface area contributed by atoms with Crippen molar-refractivity contribution < 1.29 is 50.9 Å². The van der Waals surface area contributed by atoms with Gasteiger partial charge in [0.15, 0.2) is 5.78 Å². The van der Waals surface area contributed by atoms with Gasteiger partial charge in [-0.1, -0.05) is 42.5 Å². The van der Waals surface area contributed by atoms with Crippen molar-refractivity contribution in [3.63, 3.8) is 0 Å². The van der Waals surface area contributed by atoms with Crippen LogP contribution < -0.4 is 22.9 Å². The lowest BCUT2D eigenvalue weighted by atomic mass is 9.67. The number of halogens is 4. The normalized spacial score (nSPS) is 13.1. The number of carbonyl (C=O) groups excluding carboxylic acids is 1. The maximum atomic E-state index is 12.4. The molecule has 0 heterocycles. The first kappa shape index (κ1) is 26.0. The molecule has 0 aliphatic rings. The predicted molar refractivity (Wildman–Crippen MR) is 102 cm³/mol. The molecule has 0 radical (unpaired) electrons. The van der Waals surface area contributed by atoms with Crippen LogP contribution in [0.4, 0.5) is 13.2 Å². The van der Waals surface area contributed by atoms with Crippen molar-refractivity contribution in [2.75, 3.05) is 0 Å². The highest BCUT2D eigenvalue weighted by molar-refractivity contribution is 6.43. The second-order valence-electron chi connectivity index (χ2n) is 6.96. The van der Waals surface area contributed by atoms with E-state index in [1.54, 1.807) is 0 Å². The third-order valence-electron chi connectivity index (χ3n) is 4.62. The number of quaternary nitrogens is 1. The van der Waals surface area contributed by atoms with E-state index >= 15 is 0 Å². The van der Waals surface area contributed by atoms with Crippen molar-refractivity contribution >= 4 is 12.9 Å². The molecule has 0 unspecified atom stereocenters. The van der Waals surface area contributed by atoms with Gasteiger partial charge in [-0.05, 0) is 41.9 Å². The molecule has 0 amide bonds. The van der Waals surface area contributed by atoms with Gasteiger partial charge in [-0.25, -0.2) is 0 Å². The Morgan fingerprint density at radius 3 is 2.10 bits per heavy atom. The van der Waals surface area contributed by atoms with Gasteiger partial charge in [0.1, 0.15) is 11.8 Å². The van der Waals surface area contributed by atoms with Crippen molar-refractivity contribution in [2.24, 2.45) is 0 Å². The van der Waals surface area contributed by atoms with Gasteiger partial charge in [0.25, 0.3) is 0 Å². The molecular formula is C20H24BClF3NO4. The summed E-state index contributed by atoms with van der Waals surface area (Å²) in [5.74, 6) is -1.05. The molecule has 30 heavy (non-hydrogen) atoms. The zero-order valence-electron chi connectivity index (χ0n) is 16.2. The topological polar surface area (TPSA) is 94.4 Å². The van der Waals surface area contributed by atoms with E-state index in [2.05, 4.69) is 10.5 Å². The zero-order valence-corrected chi connectivity index (χ0v) is 16.9. The Labute approximate surface area is 179 Å². The average molecular weight is 446 g/mol. The molecule has 0 spiro atoms. The third-order valence-corrected chi connectivity index (χ3v) is 4.62. The second-order valence-corrected chi connectivity index (χ2v) is 6.96. The molecule has 0 bridgehead atoms. The van der Waals surface area contributed by atoms with E-state index < -0.39 is 25.3 Å². The van der Waals surface area contributed by atoms with Crippen molar-refractivity contribution in [3.8, 4) is 5.75 Å². The molecule has 0 saturated heterocycles. The van der Waals surface area contributed by atoms with Gasteiger partial charge in [-0.15, -0.1) is 13.2 Å². The lowest BCUT2D eigenvalue weighted by molar-refractivity contribution is -0.402. The number of ketones is 1. The van der Waals surface area contributed by atoms with E-state index in [1.165, 1.54) is 24.3 Å². The van der Waals surface area contributed by atoms with Crippen molar-refractivity contribution in [3.05, 3.63) is 65.7 Å². The molecule has 0 aliphatic carbocycles. The standard InChI is InChI=1S/C20H23BF3NO4.ClH/c22-20(23,24)29-17-9-6-15(7-10-17)12-16(21(27)28)8-11-19(26)18(25)13-14-4-2-1-3-5-14;/h1-7,9-10,16,18,27-28H,8,11-13,25H2;1H/t16-,18-;/m0./s1. The van der Waals surface area contributed by atoms with Crippen LogP contribution in [0.5, 0.6) is 5.75 Å². The fraction of sp³-hybridized carbons (Fsp3) is 0.350. The van der Waals surface area contributed by atoms with Crippen molar-refractivity contribution in [1.29, 1.82) is 0 Å². The molecule has 2 aromatic rings. The molecule has 164 valence electrons. The van der Waals surface area contributed by atoms with Gasteiger partial charge in [-0.3, -0.25) is 4.79 Å². The molecule has 2 aromatic carbocycles. The second kappa shape index (κ2) is 12.0. The monoisotopic (exact) mass is 445 g/mol. The quantitative estimate of drug-likeness (QED) is 0.417. The summed E-state index contributed by atoms with van der Waals surface area (Å²) < 4.78 is 40.4. The summed E-state index contributed by atoms with van der Waals surface area (Å²) in [6, 6.07) is 14.2. The Morgan fingerprint density at radius 1 is 1.00 bits per heavy atom. The van der Waals surface area contributed by atoms with E-state index in [4.69, 9.17) is 0 Å². The number of alkyl halides is 3. The van der Waals surface area contributed by atoms with E-state index in [9.17, 15) is 28.0 Å². The minimum Gasteiger partial charge on any atom is -1.00 e. The third kappa shape index (κ3) is 9.17. The summed E-state index contributed by atoms with van der Waals surface area (Å²) in [5, 5.41) is 19.2. The minimum absolute atomic E-state index is 0. The first-order chi connectivity index (χ1) is 13.6. The van der Waals surface area contributed by atoms with Gasteiger partial charge in [0.05, 0.1) is 0 Å². The summed E-state index contributed by atoms with van der Waals surface area (Å²) in [6.45, 7) is 0. The van der Waals surface area contributed by atoms with Crippen LogP contribution in [0.25, 0.3) is 0 Å². The highest BCUT2D eigenvalue weighted by atomic mass is 35.5. The van der Waals surface area contributed by atoms with Gasteiger partial charge >= 0.3 is 13.5 Å². The molecule has 2 atom stereocenters. The molecule has 0 aromatic heterocycles. The zero-order chi connectivity index (χ0) is 21.4. The van der Waals surface area contributed by atoms with Crippen LogP contribution in [0.2, 0.25) is 5.82 Å². The van der Waals surface area contributed by atoms with Crippen LogP contribution in [0.15, 0.2) is 54.6 Å². The highest BCUT2D eigenvalue weighted by Gasteiger charge is 2.31. The van der Waals surface area contributed by atoms with E-state index in [0.29, 0.717) is 12.0 Å². The van der Waals surface area contributed by atoms with E-state index in [1.807, 2.05) is 30.3 Å². The summed E-state index contributed by atoms with van der Waals surface area (Å²) in [5.41, 5.74) is 5.51.